The molecule has 0 radical (unpaired) electrons. The smallest absolute Gasteiger partial charge is 0.255 e. The molecule has 17 heavy (non-hydrogen) atoms. The highest BCUT2D eigenvalue weighted by Gasteiger charge is 2.15. The van der Waals surface area contributed by atoms with Gasteiger partial charge in [0.25, 0.3) is 5.91 Å². The Labute approximate surface area is 105 Å². The number of hydrogen-bond acceptors (Lipinski definition) is 3. The fourth-order valence-corrected chi connectivity index (χ4v) is 1.82. The molecule has 0 spiro atoms. The first-order valence-electron chi connectivity index (χ1n) is 4.80. The second kappa shape index (κ2) is 5.09. The summed E-state index contributed by atoms with van der Waals surface area (Å²) in [6.45, 7) is 0.191. The molecule has 1 heterocycles. The van der Waals surface area contributed by atoms with Gasteiger partial charge in [0, 0.05) is 10.5 Å². The third kappa shape index (κ3) is 2.71. The Bertz CT molecular complexity index is 508. The number of hydrogen-bond donors (Lipinski definition) is 1. The van der Waals surface area contributed by atoms with E-state index in [9.17, 15) is 9.18 Å². The van der Waals surface area contributed by atoms with Crippen molar-refractivity contribution >= 4 is 21.8 Å². The highest BCUT2D eigenvalue weighted by Crippen LogP contribution is 2.19. The molecule has 0 saturated carbocycles. The lowest BCUT2D eigenvalue weighted by atomic mass is 10.2. The normalized spacial score (nSPS) is 10.2. The lowest BCUT2D eigenvalue weighted by molar-refractivity contribution is 0.0945. The zero-order valence-electron chi connectivity index (χ0n) is 8.61. The van der Waals surface area contributed by atoms with E-state index in [1.165, 1.54) is 18.4 Å². The van der Waals surface area contributed by atoms with Crippen LogP contribution in [0.2, 0.25) is 0 Å². The van der Waals surface area contributed by atoms with E-state index in [0.29, 0.717) is 10.2 Å². The lowest BCUT2D eigenvalue weighted by Gasteiger charge is -2.06. The van der Waals surface area contributed by atoms with Crippen molar-refractivity contribution in [1.29, 1.82) is 0 Å². The second-order valence-electron chi connectivity index (χ2n) is 3.27. The van der Waals surface area contributed by atoms with Gasteiger partial charge >= 0.3 is 0 Å². The van der Waals surface area contributed by atoms with E-state index in [4.69, 9.17) is 0 Å². The minimum absolute atomic E-state index is 0.0176. The van der Waals surface area contributed by atoms with E-state index in [0.717, 1.165) is 0 Å². The number of nitrogens with one attached hydrogen (secondary N) is 1. The number of carbonyl (C=O) groups excluding carboxylic acids is 1. The van der Waals surface area contributed by atoms with Crippen LogP contribution < -0.4 is 5.32 Å². The fourth-order valence-electron chi connectivity index (χ4n) is 1.30. The van der Waals surface area contributed by atoms with Crippen LogP contribution in [-0.4, -0.2) is 11.1 Å². The summed E-state index contributed by atoms with van der Waals surface area (Å²) < 4.78 is 18.5. The monoisotopic (exact) mass is 298 g/mol. The van der Waals surface area contributed by atoms with E-state index in [1.54, 1.807) is 12.1 Å². The minimum Gasteiger partial charge on any atom is -0.364 e. The second-order valence-corrected chi connectivity index (χ2v) is 4.12. The third-order valence-corrected chi connectivity index (χ3v) is 2.77. The van der Waals surface area contributed by atoms with Gasteiger partial charge in [0.05, 0.1) is 12.1 Å². The summed E-state index contributed by atoms with van der Waals surface area (Å²) in [6.07, 6.45) is 1.40. The largest absolute Gasteiger partial charge is 0.364 e. The van der Waals surface area contributed by atoms with Crippen LogP contribution in [0, 0.1) is 5.82 Å². The fraction of sp³-hybridized carbons (Fsp3) is 0.0909. The van der Waals surface area contributed by atoms with Crippen LogP contribution in [0.3, 0.4) is 0 Å². The molecule has 0 aliphatic rings. The van der Waals surface area contributed by atoms with Gasteiger partial charge in [0.1, 0.15) is 17.8 Å². The van der Waals surface area contributed by atoms with E-state index in [-0.39, 0.29) is 12.1 Å². The maximum atomic E-state index is 13.4. The first-order chi connectivity index (χ1) is 8.18. The Morgan fingerprint density at radius 3 is 2.94 bits per heavy atom. The van der Waals surface area contributed by atoms with Crippen molar-refractivity contribution in [3.05, 3.63) is 52.1 Å². The third-order valence-electron chi connectivity index (χ3n) is 2.11. The molecule has 88 valence electrons. The van der Waals surface area contributed by atoms with E-state index in [2.05, 4.69) is 30.9 Å². The highest BCUT2D eigenvalue weighted by atomic mass is 79.9. The van der Waals surface area contributed by atoms with Gasteiger partial charge in [-0.05, 0) is 28.1 Å². The summed E-state index contributed by atoms with van der Waals surface area (Å²) in [5, 5.41) is 6.18. The number of carbonyl (C=O) groups is 1. The number of rotatable bonds is 3. The number of nitrogens with zero attached hydrogens (tertiary/aromatic N) is 1. The van der Waals surface area contributed by atoms with Crippen LogP contribution in [0.25, 0.3) is 0 Å². The first-order valence-corrected chi connectivity index (χ1v) is 5.59. The van der Waals surface area contributed by atoms with Crippen LogP contribution in [-0.2, 0) is 6.54 Å². The SMILES string of the molecule is O=C(NCc1ccon1)c1c(F)cccc1Br. The van der Waals surface area contributed by atoms with Gasteiger partial charge in [-0.3, -0.25) is 4.79 Å². The van der Waals surface area contributed by atoms with Crippen LogP contribution in [0.5, 0.6) is 0 Å². The molecule has 1 N–H and O–H groups in total. The molecule has 2 rings (SSSR count). The molecule has 0 fully saturated rings. The van der Waals surface area contributed by atoms with Gasteiger partial charge in [-0.25, -0.2) is 4.39 Å². The molecular weight excluding hydrogens is 291 g/mol. The molecular formula is C11H8BrFN2O2. The summed E-state index contributed by atoms with van der Waals surface area (Å²) in [5.41, 5.74) is 0.557. The molecule has 2 aromatic rings. The predicted molar refractivity (Wildman–Crippen MR) is 61.8 cm³/mol. The Hall–Kier alpha value is -1.69. The topological polar surface area (TPSA) is 55.1 Å². The number of amides is 1. The molecule has 1 aromatic heterocycles. The molecule has 1 amide bonds. The van der Waals surface area contributed by atoms with Crippen molar-refractivity contribution in [2.24, 2.45) is 0 Å². The van der Waals surface area contributed by atoms with Crippen molar-refractivity contribution in [2.75, 3.05) is 0 Å². The number of benzene rings is 1. The van der Waals surface area contributed by atoms with Gasteiger partial charge in [0.2, 0.25) is 0 Å². The quantitative estimate of drug-likeness (QED) is 0.947. The first kappa shape index (κ1) is 11.8. The van der Waals surface area contributed by atoms with Crippen LogP contribution >= 0.6 is 15.9 Å². The van der Waals surface area contributed by atoms with Gasteiger partial charge in [-0.2, -0.15) is 0 Å². The zero-order chi connectivity index (χ0) is 12.3. The molecule has 0 saturated heterocycles. The number of aromatic nitrogens is 1. The van der Waals surface area contributed by atoms with Crippen LogP contribution in [0.15, 0.2) is 39.5 Å². The Morgan fingerprint density at radius 2 is 2.29 bits per heavy atom. The molecule has 0 aliphatic carbocycles. The summed E-state index contributed by atoms with van der Waals surface area (Å²) in [5.74, 6) is -1.07. The van der Waals surface area contributed by atoms with Crippen molar-refractivity contribution in [1.82, 2.24) is 10.5 Å². The molecule has 1 aromatic carbocycles. The van der Waals surface area contributed by atoms with Crippen LogP contribution in [0.1, 0.15) is 16.1 Å². The lowest BCUT2D eigenvalue weighted by Crippen LogP contribution is -2.24. The predicted octanol–water partition coefficient (Wildman–Crippen LogP) is 2.51. The average molecular weight is 299 g/mol. The van der Waals surface area contributed by atoms with Crippen LogP contribution in [0.4, 0.5) is 4.39 Å². The maximum absolute atomic E-state index is 13.4. The highest BCUT2D eigenvalue weighted by molar-refractivity contribution is 9.10. The molecule has 0 unspecified atom stereocenters. The molecule has 6 heteroatoms. The van der Waals surface area contributed by atoms with E-state index < -0.39 is 11.7 Å². The van der Waals surface area contributed by atoms with Gasteiger partial charge in [-0.1, -0.05) is 11.2 Å². The van der Waals surface area contributed by atoms with Gasteiger partial charge in [0.15, 0.2) is 0 Å². The molecule has 0 aliphatic heterocycles. The molecule has 4 nitrogen and oxygen atoms in total. The number of halogens is 2. The van der Waals surface area contributed by atoms with Crippen molar-refractivity contribution in [3.63, 3.8) is 0 Å². The van der Waals surface area contributed by atoms with Crippen molar-refractivity contribution < 1.29 is 13.7 Å². The summed E-state index contributed by atoms with van der Waals surface area (Å²) >= 11 is 3.13. The summed E-state index contributed by atoms with van der Waals surface area (Å²) in [7, 11) is 0. The summed E-state index contributed by atoms with van der Waals surface area (Å²) in [6, 6.07) is 5.98. The zero-order valence-corrected chi connectivity index (χ0v) is 10.2. The van der Waals surface area contributed by atoms with E-state index >= 15 is 0 Å². The van der Waals surface area contributed by atoms with Gasteiger partial charge in [-0.15, -0.1) is 0 Å². The maximum Gasteiger partial charge on any atom is 0.255 e. The Balaban J connectivity index is 2.10. The minimum atomic E-state index is -0.572. The van der Waals surface area contributed by atoms with E-state index in [1.807, 2.05) is 0 Å². The Morgan fingerprint density at radius 1 is 1.47 bits per heavy atom. The summed E-state index contributed by atoms with van der Waals surface area (Å²) in [4.78, 5) is 11.7. The Kier molecular flexibility index (Phi) is 3.53. The molecule has 0 bridgehead atoms. The molecule has 0 atom stereocenters. The van der Waals surface area contributed by atoms with Gasteiger partial charge < -0.3 is 9.84 Å². The van der Waals surface area contributed by atoms with Crippen molar-refractivity contribution in [2.45, 2.75) is 6.54 Å². The standard InChI is InChI=1S/C11H8BrFN2O2/c12-8-2-1-3-9(13)10(8)11(16)14-6-7-4-5-17-15-7/h1-5H,6H2,(H,14,16). The van der Waals surface area contributed by atoms with Crippen molar-refractivity contribution in [3.8, 4) is 0 Å². The average Bonchev–Trinajstić information content (AvgIpc) is 2.79.